The molecule has 3 heterocycles. The van der Waals surface area contributed by atoms with Gasteiger partial charge in [-0.3, -0.25) is 9.59 Å². The quantitative estimate of drug-likeness (QED) is 0.0898. The number of ether oxygens (including phenoxy) is 1. The van der Waals surface area contributed by atoms with E-state index in [0.29, 0.717) is 53.3 Å². The number of allylic oxidation sites excluding steroid dienone is 3. The third kappa shape index (κ3) is 6.25. The highest BCUT2D eigenvalue weighted by atomic mass is 32.2. The number of pyridine rings is 1. The molecular weight excluding hydrogens is 592 g/mol. The molecule has 238 valence electrons. The number of amides is 1. The molecule has 1 amide bonds. The summed E-state index contributed by atoms with van der Waals surface area (Å²) in [4.78, 5) is 32.6. The number of nitrogens with zero attached hydrogens (tertiary/aromatic N) is 3. The SMILES string of the molecule is C=CCC1(S(=O)(=O)n2cc(C)c3c(C(=O)NC/C(C=O)=C(/C=C(/C)N)OC)cc(-c4ccc(N5CCNCC5)nc4)cc32)CC1. The van der Waals surface area contributed by atoms with Gasteiger partial charge in [0.05, 0.1) is 22.9 Å². The maximum absolute atomic E-state index is 14.0. The summed E-state index contributed by atoms with van der Waals surface area (Å²) in [7, 11) is -2.40. The number of benzene rings is 1. The van der Waals surface area contributed by atoms with Crippen LogP contribution in [0, 0.1) is 6.92 Å². The first-order valence-electron chi connectivity index (χ1n) is 14.9. The van der Waals surface area contributed by atoms with Crippen molar-refractivity contribution in [2.75, 3.05) is 44.7 Å². The van der Waals surface area contributed by atoms with Gasteiger partial charge in [-0.05, 0) is 74.6 Å². The maximum atomic E-state index is 14.0. The van der Waals surface area contributed by atoms with E-state index in [2.05, 4.69) is 22.1 Å². The first-order chi connectivity index (χ1) is 21.5. The number of aryl methyl sites for hydroxylation is 1. The van der Waals surface area contributed by atoms with Crippen LogP contribution in [0.5, 0.6) is 0 Å². The van der Waals surface area contributed by atoms with Gasteiger partial charge < -0.3 is 26.0 Å². The molecule has 12 heteroatoms. The average Bonchev–Trinajstić information content (AvgIpc) is 3.76. The van der Waals surface area contributed by atoms with Crippen molar-refractivity contribution in [3.63, 3.8) is 0 Å². The van der Waals surface area contributed by atoms with Crippen LogP contribution in [0.25, 0.3) is 22.0 Å². The number of nitrogens with one attached hydrogen (secondary N) is 2. The Labute approximate surface area is 263 Å². The predicted molar refractivity (Wildman–Crippen MR) is 176 cm³/mol. The van der Waals surface area contributed by atoms with Gasteiger partial charge in [-0.25, -0.2) is 17.4 Å². The van der Waals surface area contributed by atoms with Crippen LogP contribution < -0.4 is 21.3 Å². The Morgan fingerprint density at radius 1 is 1.22 bits per heavy atom. The Bertz CT molecular complexity index is 1790. The van der Waals surface area contributed by atoms with Crippen molar-refractivity contribution in [2.24, 2.45) is 5.73 Å². The molecule has 1 aliphatic carbocycles. The fourth-order valence-electron chi connectivity index (χ4n) is 5.83. The molecule has 1 saturated heterocycles. The lowest BCUT2D eigenvalue weighted by Crippen LogP contribution is -2.43. The summed E-state index contributed by atoms with van der Waals surface area (Å²) in [5.74, 6) is 0.622. The monoisotopic (exact) mass is 632 g/mol. The summed E-state index contributed by atoms with van der Waals surface area (Å²) in [6.45, 7) is 10.6. The number of anilines is 1. The molecule has 0 atom stereocenters. The summed E-state index contributed by atoms with van der Waals surface area (Å²) < 4.78 is 33.8. The molecule has 1 aromatic carbocycles. The minimum atomic E-state index is -3.82. The van der Waals surface area contributed by atoms with Gasteiger partial charge in [0.2, 0.25) is 10.0 Å². The molecule has 1 saturated carbocycles. The van der Waals surface area contributed by atoms with Crippen LogP contribution >= 0.6 is 0 Å². The Morgan fingerprint density at radius 3 is 2.53 bits per heavy atom. The van der Waals surface area contributed by atoms with E-state index in [1.165, 1.54) is 17.2 Å². The zero-order valence-corrected chi connectivity index (χ0v) is 26.7. The summed E-state index contributed by atoms with van der Waals surface area (Å²) in [5.41, 5.74) is 9.11. The molecule has 4 N–H and O–H groups in total. The van der Waals surface area contributed by atoms with E-state index >= 15 is 0 Å². The second-order valence-corrected chi connectivity index (χ2v) is 13.8. The van der Waals surface area contributed by atoms with Crippen molar-refractivity contribution in [3.8, 4) is 11.1 Å². The van der Waals surface area contributed by atoms with Crippen molar-refractivity contribution in [2.45, 2.75) is 37.9 Å². The number of aromatic nitrogens is 2. The molecule has 5 rings (SSSR count). The normalized spacial score (nSPS) is 17.0. The molecule has 0 spiro atoms. The zero-order valence-electron chi connectivity index (χ0n) is 25.9. The van der Waals surface area contributed by atoms with Gasteiger partial charge >= 0.3 is 0 Å². The number of carbonyl (C=O) groups excluding carboxylic acids is 2. The highest BCUT2D eigenvalue weighted by molar-refractivity contribution is 7.91. The lowest BCUT2D eigenvalue weighted by atomic mass is 9.99. The smallest absolute Gasteiger partial charge is 0.252 e. The van der Waals surface area contributed by atoms with E-state index in [1.54, 1.807) is 44.4 Å². The fraction of sp³-hybridized carbons (Fsp3) is 0.364. The van der Waals surface area contributed by atoms with Gasteiger partial charge in [-0.1, -0.05) is 6.08 Å². The number of methoxy groups -OCH3 is 1. The van der Waals surface area contributed by atoms with Crippen LogP contribution in [0.4, 0.5) is 5.82 Å². The van der Waals surface area contributed by atoms with Crippen molar-refractivity contribution in [3.05, 3.63) is 83.5 Å². The number of piperazine rings is 1. The van der Waals surface area contributed by atoms with Crippen molar-refractivity contribution in [1.29, 1.82) is 0 Å². The zero-order chi connectivity index (χ0) is 32.4. The van der Waals surface area contributed by atoms with Gasteiger partial charge in [0.25, 0.3) is 5.91 Å². The average molecular weight is 633 g/mol. The van der Waals surface area contributed by atoms with E-state index in [9.17, 15) is 18.0 Å². The third-order valence-electron chi connectivity index (χ3n) is 8.43. The Morgan fingerprint density at radius 2 is 1.96 bits per heavy atom. The van der Waals surface area contributed by atoms with Gasteiger partial charge in [0.15, 0.2) is 6.29 Å². The van der Waals surface area contributed by atoms with Crippen LogP contribution in [-0.4, -0.2) is 74.1 Å². The molecule has 11 nitrogen and oxygen atoms in total. The first-order valence-corrected chi connectivity index (χ1v) is 16.4. The van der Waals surface area contributed by atoms with Gasteiger partial charge in [-0.2, -0.15) is 0 Å². The second-order valence-electron chi connectivity index (χ2n) is 11.6. The van der Waals surface area contributed by atoms with Crippen molar-refractivity contribution in [1.82, 2.24) is 19.6 Å². The number of hydrogen-bond donors (Lipinski definition) is 3. The highest BCUT2D eigenvalue weighted by Crippen LogP contribution is 2.49. The lowest BCUT2D eigenvalue weighted by Gasteiger charge is -2.28. The van der Waals surface area contributed by atoms with E-state index < -0.39 is 20.7 Å². The fourth-order valence-corrected chi connectivity index (χ4v) is 7.90. The number of rotatable bonds is 12. The first kappa shape index (κ1) is 32.0. The van der Waals surface area contributed by atoms with Gasteiger partial charge in [-0.15, -0.1) is 6.58 Å². The number of nitrogens with two attached hydrogens (primary N) is 1. The van der Waals surface area contributed by atoms with Gasteiger partial charge in [0, 0.05) is 67.3 Å². The largest absolute Gasteiger partial charge is 0.496 e. The third-order valence-corrected chi connectivity index (χ3v) is 10.9. The topological polar surface area (TPSA) is 149 Å². The summed E-state index contributed by atoms with van der Waals surface area (Å²) in [5, 5.41) is 6.67. The molecule has 0 radical (unpaired) electrons. The van der Waals surface area contributed by atoms with Crippen LogP contribution in [0.2, 0.25) is 0 Å². The van der Waals surface area contributed by atoms with E-state index in [1.807, 2.05) is 12.1 Å². The number of fused-ring (bicyclic) bond motifs is 1. The molecule has 2 aliphatic rings. The molecule has 2 aromatic heterocycles. The summed E-state index contributed by atoms with van der Waals surface area (Å²) >= 11 is 0. The predicted octanol–water partition coefficient (Wildman–Crippen LogP) is 3.40. The minimum absolute atomic E-state index is 0.123. The molecule has 1 aliphatic heterocycles. The summed E-state index contributed by atoms with van der Waals surface area (Å²) in [6.07, 6.45) is 8.54. The van der Waals surface area contributed by atoms with Crippen molar-refractivity contribution < 1.29 is 22.7 Å². The molecule has 45 heavy (non-hydrogen) atoms. The standard InChI is InChI=1S/C33H40N6O5S/c1-5-8-33(9-10-33)45(42,43)39-20-22(2)31-27(32(41)37-19-26(21-40)29(44-4)15-23(3)34)16-25(17-28(31)39)24-6-7-30(36-18-24)38-13-11-35-12-14-38/h5-7,15-18,20-21,35H,1,8-14,19,34H2,2-4H3,(H,37,41)/b23-15-,29-26+. The highest BCUT2D eigenvalue weighted by Gasteiger charge is 2.54. The molecule has 2 fully saturated rings. The number of aldehydes is 1. The maximum Gasteiger partial charge on any atom is 0.252 e. The van der Waals surface area contributed by atoms with Crippen molar-refractivity contribution >= 4 is 38.9 Å². The minimum Gasteiger partial charge on any atom is -0.496 e. The molecule has 3 aromatic rings. The van der Waals surface area contributed by atoms with E-state index in [4.69, 9.17) is 15.5 Å². The number of carbonyl (C=O) groups is 2. The lowest BCUT2D eigenvalue weighted by molar-refractivity contribution is -0.105. The van der Waals surface area contributed by atoms with Crippen LogP contribution in [0.3, 0.4) is 0 Å². The number of hydrogen-bond acceptors (Lipinski definition) is 9. The van der Waals surface area contributed by atoms with Crippen LogP contribution in [0.1, 0.15) is 42.1 Å². The Kier molecular flexibility index (Phi) is 9.17. The van der Waals surface area contributed by atoms with E-state index in [-0.39, 0.29) is 23.4 Å². The Balaban J connectivity index is 1.61. The van der Waals surface area contributed by atoms with E-state index in [0.717, 1.165) is 37.6 Å². The summed E-state index contributed by atoms with van der Waals surface area (Å²) in [6, 6.07) is 7.42. The Hall–Kier alpha value is -4.42. The second kappa shape index (κ2) is 12.9. The van der Waals surface area contributed by atoms with Crippen LogP contribution in [-0.2, 0) is 19.6 Å². The molecule has 0 unspecified atom stereocenters. The molecule has 0 bridgehead atoms. The van der Waals surface area contributed by atoms with Gasteiger partial charge in [0.1, 0.15) is 11.6 Å². The van der Waals surface area contributed by atoms with Crippen LogP contribution in [0.15, 0.2) is 72.4 Å². The molecular formula is C33H40N6O5S.